The van der Waals surface area contributed by atoms with Gasteiger partial charge < -0.3 is 16.0 Å². The molecule has 0 spiro atoms. The van der Waals surface area contributed by atoms with Crippen molar-refractivity contribution < 1.29 is 4.79 Å². The number of rotatable bonds is 7. The maximum Gasteiger partial charge on any atom is 0.223 e. The van der Waals surface area contributed by atoms with E-state index in [1.807, 2.05) is 18.2 Å². The Bertz CT molecular complexity index is 468. The highest BCUT2D eigenvalue weighted by Crippen LogP contribution is 2.28. The van der Waals surface area contributed by atoms with Gasteiger partial charge in [-0.15, -0.1) is 0 Å². The number of amides is 1. The second kappa shape index (κ2) is 8.29. The van der Waals surface area contributed by atoms with Gasteiger partial charge in [-0.3, -0.25) is 9.79 Å². The summed E-state index contributed by atoms with van der Waals surface area (Å²) < 4.78 is 0. The molecule has 0 unspecified atom stereocenters. The van der Waals surface area contributed by atoms with Gasteiger partial charge in [0.1, 0.15) is 0 Å². The standard InChI is InChI=1S/C16H24N4O/c1-17-16(19-10-9-13-5-3-2-4-6-13)20-12-11-18-15(21)14-7-8-14/h2-6,14H,7-12H2,1H3,(H,18,21)(H2,17,19,20). The van der Waals surface area contributed by atoms with Crippen molar-refractivity contribution in [1.29, 1.82) is 0 Å². The van der Waals surface area contributed by atoms with Crippen molar-refractivity contribution in [3.8, 4) is 0 Å². The summed E-state index contributed by atoms with van der Waals surface area (Å²) in [5.74, 6) is 1.23. The minimum Gasteiger partial charge on any atom is -0.356 e. The highest BCUT2D eigenvalue weighted by atomic mass is 16.2. The molecule has 1 aliphatic rings. The van der Waals surface area contributed by atoms with Gasteiger partial charge in [-0.2, -0.15) is 0 Å². The van der Waals surface area contributed by atoms with Crippen molar-refractivity contribution in [1.82, 2.24) is 16.0 Å². The smallest absolute Gasteiger partial charge is 0.223 e. The van der Waals surface area contributed by atoms with E-state index in [1.165, 1.54) is 5.56 Å². The van der Waals surface area contributed by atoms with E-state index in [0.717, 1.165) is 31.8 Å². The number of hydrogen-bond donors (Lipinski definition) is 3. The quantitative estimate of drug-likeness (QED) is 0.397. The summed E-state index contributed by atoms with van der Waals surface area (Å²) in [4.78, 5) is 15.6. The molecule has 114 valence electrons. The molecule has 2 rings (SSSR count). The predicted molar refractivity (Wildman–Crippen MR) is 85.2 cm³/mol. The monoisotopic (exact) mass is 288 g/mol. The van der Waals surface area contributed by atoms with Crippen LogP contribution in [0.1, 0.15) is 18.4 Å². The average molecular weight is 288 g/mol. The van der Waals surface area contributed by atoms with E-state index in [-0.39, 0.29) is 11.8 Å². The lowest BCUT2D eigenvalue weighted by molar-refractivity contribution is -0.122. The molecule has 1 fully saturated rings. The molecule has 1 aliphatic carbocycles. The molecule has 1 aromatic rings. The van der Waals surface area contributed by atoms with Gasteiger partial charge in [0.25, 0.3) is 0 Å². The van der Waals surface area contributed by atoms with Gasteiger partial charge in [-0.1, -0.05) is 30.3 Å². The van der Waals surface area contributed by atoms with Crippen LogP contribution >= 0.6 is 0 Å². The molecular weight excluding hydrogens is 264 g/mol. The molecule has 1 saturated carbocycles. The van der Waals surface area contributed by atoms with Gasteiger partial charge in [0, 0.05) is 32.6 Å². The molecule has 1 aromatic carbocycles. The Morgan fingerprint density at radius 2 is 1.76 bits per heavy atom. The van der Waals surface area contributed by atoms with Crippen LogP contribution in [0.3, 0.4) is 0 Å². The van der Waals surface area contributed by atoms with Crippen LogP contribution in [0.15, 0.2) is 35.3 Å². The molecule has 0 radical (unpaired) electrons. The summed E-state index contributed by atoms with van der Waals surface area (Å²) in [7, 11) is 1.75. The van der Waals surface area contributed by atoms with Crippen LogP contribution in [0.25, 0.3) is 0 Å². The van der Waals surface area contributed by atoms with Crippen LogP contribution < -0.4 is 16.0 Å². The van der Waals surface area contributed by atoms with Gasteiger partial charge in [-0.05, 0) is 24.8 Å². The molecule has 3 N–H and O–H groups in total. The second-order valence-corrected chi connectivity index (χ2v) is 5.23. The number of benzene rings is 1. The van der Waals surface area contributed by atoms with Crippen molar-refractivity contribution in [2.24, 2.45) is 10.9 Å². The Kier molecular flexibility index (Phi) is 6.06. The molecule has 5 heteroatoms. The minimum atomic E-state index is 0.184. The minimum absolute atomic E-state index is 0.184. The van der Waals surface area contributed by atoms with E-state index >= 15 is 0 Å². The van der Waals surface area contributed by atoms with Gasteiger partial charge in [0.05, 0.1) is 0 Å². The molecule has 0 heterocycles. The first kappa shape index (κ1) is 15.4. The Morgan fingerprint density at radius 3 is 2.43 bits per heavy atom. The topological polar surface area (TPSA) is 65.5 Å². The van der Waals surface area contributed by atoms with Crippen LogP contribution in [0, 0.1) is 5.92 Å². The summed E-state index contributed by atoms with van der Waals surface area (Å²) in [6, 6.07) is 10.3. The lowest BCUT2D eigenvalue weighted by Gasteiger charge is -2.12. The number of hydrogen-bond acceptors (Lipinski definition) is 2. The highest BCUT2D eigenvalue weighted by Gasteiger charge is 2.28. The lowest BCUT2D eigenvalue weighted by atomic mass is 10.1. The maximum atomic E-state index is 11.5. The van der Waals surface area contributed by atoms with E-state index in [9.17, 15) is 4.79 Å². The first-order chi connectivity index (χ1) is 10.3. The van der Waals surface area contributed by atoms with E-state index < -0.39 is 0 Å². The van der Waals surface area contributed by atoms with E-state index in [1.54, 1.807) is 7.05 Å². The molecule has 0 aromatic heterocycles. The van der Waals surface area contributed by atoms with Crippen molar-refractivity contribution >= 4 is 11.9 Å². The van der Waals surface area contributed by atoms with Crippen molar-refractivity contribution in [2.45, 2.75) is 19.3 Å². The summed E-state index contributed by atoms with van der Waals surface area (Å²) in [6.07, 6.45) is 3.05. The fourth-order valence-electron chi connectivity index (χ4n) is 2.05. The van der Waals surface area contributed by atoms with Crippen molar-refractivity contribution in [3.63, 3.8) is 0 Å². The zero-order valence-corrected chi connectivity index (χ0v) is 12.6. The van der Waals surface area contributed by atoms with Crippen molar-refractivity contribution in [2.75, 3.05) is 26.7 Å². The molecule has 21 heavy (non-hydrogen) atoms. The third-order valence-corrected chi connectivity index (χ3v) is 3.44. The van der Waals surface area contributed by atoms with E-state index in [2.05, 4.69) is 33.1 Å². The predicted octanol–water partition coefficient (Wildman–Crippen LogP) is 0.920. The third-order valence-electron chi connectivity index (χ3n) is 3.44. The Hall–Kier alpha value is -2.04. The number of nitrogens with zero attached hydrogens (tertiary/aromatic N) is 1. The zero-order chi connectivity index (χ0) is 14.9. The molecule has 5 nitrogen and oxygen atoms in total. The highest BCUT2D eigenvalue weighted by molar-refractivity contribution is 5.81. The van der Waals surface area contributed by atoms with Crippen LogP contribution in [-0.4, -0.2) is 38.5 Å². The van der Waals surface area contributed by atoms with Crippen molar-refractivity contribution in [3.05, 3.63) is 35.9 Å². The number of carbonyl (C=O) groups excluding carboxylic acids is 1. The largest absolute Gasteiger partial charge is 0.356 e. The number of carbonyl (C=O) groups is 1. The van der Waals surface area contributed by atoms with E-state index in [4.69, 9.17) is 0 Å². The Labute approximate surface area is 126 Å². The molecular formula is C16H24N4O. The summed E-state index contributed by atoms with van der Waals surface area (Å²) in [5.41, 5.74) is 1.30. The molecule has 0 bridgehead atoms. The third kappa shape index (κ3) is 5.85. The number of guanidine groups is 1. The van der Waals surface area contributed by atoms with Gasteiger partial charge in [-0.25, -0.2) is 0 Å². The molecule has 0 aliphatic heterocycles. The van der Waals surface area contributed by atoms with Crippen LogP contribution in [0.5, 0.6) is 0 Å². The first-order valence-corrected chi connectivity index (χ1v) is 7.56. The summed E-state index contributed by atoms with van der Waals surface area (Å²) in [5, 5.41) is 9.38. The SMILES string of the molecule is CN=C(NCCNC(=O)C1CC1)NCCc1ccccc1. The van der Waals surface area contributed by atoms with Gasteiger partial charge in [0.15, 0.2) is 5.96 Å². The molecule has 1 amide bonds. The molecule has 0 saturated heterocycles. The Balaban J connectivity index is 1.56. The number of aliphatic imine (C=N–C) groups is 1. The van der Waals surface area contributed by atoms with Crippen LogP contribution in [0.2, 0.25) is 0 Å². The Morgan fingerprint density at radius 1 is 1.10 bits per heavy atom. The fraction of sp³-hybridized carbons (Fsp3) is 0.500. The normalized spacial score (nSPS) is 14.6. The zero-order valence-electron chi connectivity index (χ0n) is 12.6. The van der Waals surface area contributed by atoms with Crippen LogP contribution in [0.4, 0.5) is 0 Å². The second-order valence-electron chi connectivity index (χ2n) is 5.23. The summed E-state index contributed by atoms with van der Waals surface area (Å²) >= 11 is 0. The van der Waals surface area contributed by atoms with Gasteiger partial charge >= 0.3 is 0 Å². The maximum absolute atomic E-state index is 11.5. The fourth-order valence-corrected chi connectivity index (χ4v) is 2.05. The number of nitrogens with one attached hydrogen (secondary N) is 3. The molecule has 0 atom stereocenters. The van der Waals surface area contributed by atoms with E-state index in [0.29, 0.717) is 13.1 Å². The van der Waals surface area contributed by atoms with Crippen LogP contribution in [-0.2, 0) is 11.2 Å². The average Bonchev–Trinajstić information content (AvgIpc) is 3.35. The van der Waals surface area contributed by atoms with Gasteiger partial charge in [0.2, 0.25) is 5.91 Å². The lowest BCUT2D eigenvalue weighted by Crippen LogP contribution is -2.42. The summed E-state index contributed by atoms with van der Waals surface area (Å²) in [6.45, 7) is 2.15. The first-order valence-electron chi connectivity index (χ1n) is 7.56.